The molecule has 1 atom stereocenters. The fourth-order valence-corrected chi connectivity index (χ4v) is 5.35. The zero-order valence-corrected chi connectivity index (χ0v) is 21.1. The molecule has 1 N–H and O–H groups in total. The predicted molar refractivity (Wildman–Crippen MR) is 138 cm³/mol. The summed E-state index contributed by atoms with van der Waals surface area (Å²) < 4.78 is 7.35. The number of hydrogen-bond acceptors (Lipinski definition) is 7. The van der Waals surface area contributed by atoms with E-state index in [0.29, 0.717) is 30.4 Å². The van der Waals surface area contributed by atoms with Crippen LogP contribution in [0.3, 0.4) is 0 Å². The Balaban J connectivity index is 1.55. The van der Waals surface area contributed by atoms with Gasteiger partial charge in [-0.25, -0.2) is 4.68 Å². The first-order valence-electron chi connectivity index (χ1n) is 12.6. The van der Waals surface area contributed by atoms with E-state index in [4.69, 9.17) is 4.74 Å². The molecule has 5 rings (SSSR count). The maximum absolute atomic E-state index is 13.2. The number of ether oxygens (including phenoxy) is 1. The second-order valence-electron chi connectivity index (χ2n) is 9.95. The van der Waals surface area contributed by atoms with E-state index in [0.717, 1.165) is 35.1 Å². The SMILES string of the molecule is COc1ccc2cc(CN(Cc3cccnc3)C(c3nnnn3C3CCCC3)C(C)C)c(=O)[nH]c2c1. The summed E-state index contributed by atoms with van der Waals surface area (Å²) in [4.78, 5) is 22.9. The van der Waals surface area contributed by atoms with Crippen LogP contribution in [0.2, 0.25) is 0 Å². The van der Waals surface area contributed by atoms with E-state index in [9.17, 15) is 4.79 Å². The highest BCUT2D eigenvalue weighted by Gasteiger charge is 2.32. The van der Waals surface area contributed by atoms with Crippen LogP contribution in [0, 0.1) is 5.92 Å². The van der Waals surface area contributed by atoms with Gasteiger partial charge in [0.1, 0.15) is 5.75 Å². The molecule has 1 unspecified atom stereocenters. The van der Waals surface area contributed by atoms with Gasteiger partial charge in [-0.1, -0.05) is 32.8 Å². The standard InChI is InChI=1S/C27H33N7O2/c1-18(2)25(26-30-31-32-34(26)22-8-4-5-9-22)33(16-19-7-6-12-28-15-19)17-21-13-20-10-11-23(36-3)14-24(20)29-27(21)35/h6-7,10-15,18,22,25H,4-5,8-9,16-17H2,1-3H3,(H,29,35). The van der Waals surface area contributed by atoms with E-state index >= 15 is 0 Å². The third kappa shape index (κ3) is 5.02. The molecule has 9 nitrogen and oxygen atoms in total. The fraction of sp³-hybridized carbons (Fsp3) is 0.444. The Morgan fingerprint density at radius 3 is 2.72 bits per heavy atom. The molecular formula is C27H33N7O2. The molecule has 0 saturated heterocycles. The molecule has 3 aromatic heterocycles. The molecule has 1 aliphatic rings. The molecule has 9 heteroatoms. The second kappa shape index (κ2) is 10.6. The number of H-pyrrole nitrogens is 1. The first-order chi connectivity index (χ1) is 17.5. The van der Waals surface area contributed by atoms with Crippen LogP contribution in [-0.2, 0) is 13.1 Å². The van der Waals surface area contributed by atoms with Crippen molar-refractivity contribution >= 4 is 10.9 Å². The summed E-state index contributed by atoms with van der Waals surface area (Å²) in [6.07, 6.45) is 8.25. The molecule has 3 heterocycles. The van der Waals surface area contributed by atoms with E-state index in [-0.39, 0.29) is 17.5 Å². The van der Waals surface area contributed by atoms with Gasteiger partial charge in [0.05, 0.1) is 24.7 Å². The molecule has 0 amide bonds. The van der Waals surface area contributed by atoms with Crippen molar-refractivity contribution in [1.29, 1.82) is 0 Å². The van der Waals surface area contributed by atoms with Gasteiger partial charge in [0, 0.05) is 37.1 Å². The maximum atomic E-state index is 13.2. The van der Waals surface area contributed by atoms with E-state index in [1.165, 1.54) is 12.8 Å². The molecule has 0 radical (unpaired) electrons. The van der Waals surface area contributed by atoms with Gasteiger partial charge in [0.15, 0.2) is 5.82 Å². The Bertz CT molecular complexity index is 1360. The maximum Gasteiger partial charge on any atom is 0.252 e. The summed E-state index contributed by atoms with van der Waals surface area (Å²) in [6, 6.07) is 12.0. The first-order valence-corrected chi connectivity index (χ1v) is 12.6. The molecule has 36 heavy (non-hydrogen) atoms. The number of pyridine rings is 2. The molecular weight excluding hydrogens is 454 g/mol. The highest BCUT2D eigenvalue weighted by molar-refractivity contribution is 5.80. The number of aromatic amines is 1. The minimum absolute atomic E-state index is 0.0771. The van der Waals surface area contributed by atoms with Crippen LogP contribution in [0.5, 0.6) is 5.75 Å². The third-order valence-corrected chi connectivity index (χ3v) is 7.09. The van der Waals surface area contributed by atoms with Crippen molar-refractivity contribution in [3.05, 3.63) is 76.1 Å². The first kappa shape index (κ1) is 24.1. The quantitative estimate of drug-likeness (QED) is 0.372. The highest BCUT2D eigenvalue weighted by Crippen LogP contribution is 2.35. The Morgan fingerprint density at radius 2 is 2.00 bits per heavy atom. The van der Waals surface area contributed by atoms with Gasteiger partial charge in [0.25, 0.3) is 5.56 Å². The number of hydrogen-bond donors (Lipinski definition) is 1. The molecule has 0 aliphatic heterocycles. The van der Waals surface area contributed by atoms with Crippen molar-refractivity contribution in [3.63, 3.8) is 0 Å². The van der Waals surface area contributed by atoms with E-state index < -0.39 is 0 Å². The molecule has 0 bridgehead atoms. The Labute approximate surface area is 210 Å². The number of methoxy groups -OCH3 is 1. The zero-order valence-electron chi connectivity index (χ0n) is 21.1. The fourth-order valence-electron chi connectivity index (χ4n) is 5.35. The summed E-state index contributed by atoms with van der Waals surface area (Å²) in [5, 5.41) is 14.0. The largest absolute Gasteiger partial charge is 0.497 e. The molecule has 1 fully saturated rings. The predicted octanol–water partition coefficient (Wildman–Crippen LogP) is 4.43. The lowest BCUT2D eigenvalue weighted by Gasteiger charge is -2.34. The summed E-state index contributed by atoms with van der Waals surface area (Å²) >= 11 is 0. The lowest BCUT2D eigenvalue weighted by atomic mass is 9.99. The van der Waals surface area contributed by atoms with Crippen LogP contribution in [0.25, 0.3) is 10.9 Å². The van der Waals surface area contributed by atoms with Gasteiger partial charge in [-0.15, -0.1) is 5.10 Å². The van der Waals surface area contributed by atoms with Crippen LogP contribution in [-0.4, -0.2) is 42.2 Å². The number of benzene rings is 1. The van der Waals surface area contributed by atoms with Crippen molar-refractivity contribution in [2.24, 2.45) is 5.92 Å². The Morgan fingerprint density at radius 1 is 1.17 bits per heavy atom. The van der Waals surface area contributed by atoms with Crippen LogP contribution < -0.4 is 10.3 Å². The van der Waals surface area contributed by atoms with Gasteiger partial charge in [-0.2, -0.15) is 0 Å². The number of tetrazole rings is 1. The smallest absolute Gasteiger partial charge is 0.252 e. The highest BCUT2D eigenvalue weighted by atomic mass is 16.5. The van der Waals surface area contributed by atoms with Gasteiger partial charge in [0.2, 0.25) is 0 Å². The van der Waals surface area contributed by atoms with Crippen LogP contribution in [0.1, 0.15) is 68.6 Å². The van der Waals surface area contributed by atoms with E-state index in [2.05, 4.69) is 50.3 Å². The Hall–Kier alpha value is -3.59. The van der Waals surface area contributed by atoms with Gasteiger partial charge in [-0.3, -0.25) is 14.7 Å². The van der Waals surface area contributed by atoms with Crippen molar-refractivity contribution in [2.75, 3.05) is 7.11 Å². The second-order valence-corrected chi connectivity index (χ2v) is 9.95. The summed E-state index contributed by atoms with van der Waals surface area (Å²) in [5.74, 6) is 1.79. The molecule has 1 aliphatic carbocycles. The molecule has 1 saturated carbocycles. The number of nitrogens with zero attached hydrogens (tertiary/aromatic N) is 6. The lowest BCUT2D eigenvalue weighted by Crippen LogP contribution is -2.35. The minimum Gasteiger partial charge on any atom is -0.497 e. The van der Waals surface area contributed by atoms with Crippen LogP contribution in [0.15, 0.2) is 53.6 Å². The van der Waals surface area contributed by atoms with E-state index in [1.807, 2.05) is 41.2 Å². The molecule has 1 aromatic carbocycles. The zero-order chi connectivity index (χ0) is 25.1. The number of nitrogens with one attached hydrogen (secondary N) is 1. The Kier molecular flexibility index (Phi) is 7.09. The number of aromatic nitrogens is 6. The molecule has 188 valence electrons. The number of rotatable bonds is 9. The monoisotopic (exact) mass is 487 g/mol. The molecule has 4 aromatic rings. The van der Waals surface area contributed by atoms with Crippen LogP contribution >= 0.6 is 0 Å². The van der Waals surface area contributed by atoms with Gasteiger partial charge < -0.3 is 9.72 Å². The number of fused-ring (bicyclic) bond motifs is 1. The normalized spacial score (nSPS) is 15.2. The van der Waals surface area contributed by atoms with Gasteiger partial charge in [-0.05, 0) is 64.4 Å². The van der Waals surface area contributed by atoms with Crippen molar-refractivity contribution in [2.45, 2.75) is 64.7 Å². The molecule has 0 spiro atoms. The summed E-state index contributed by atoms with van der Waals surface area (Å²) in [7, 11) is 1.62. The average molecular weight is 488 g/mol. The van der Waals surface area contributed by atoms with Gasteiger partial charge >= 0.3 is 0 Å². The average Bonchev–Trinajstić information content (AvgIpc) is 3.57. The van der Waals surface area contributed by atoms with Crippen molar-refractivity contribution in [1.82, 2.24) is 35.1 Å². The summed E-state index contributed by atoms with van der Waals surface area (Å²) in [6.45, 7) is 5.44. The van der Waals surface area contributed by atoms with E-state index in [1.54, 1.807) is 13.3 Å². The van der Waals surface area contributed by atoms with Crippen molar-refractivity contribution in [3.8, 4) is 5.75 Å². The third-order valence-electron chi connectivity index (χ3n) is 7.09. The van der Waals surface area contributed by atoms with Crippen LogP contribution in [0.4, 0.5) is 0 Å². The summed E-state index contributed by atoms with van der Waals surface area (Å²) in [5.41, 5.74) is 2.42. The minimum atomic E-state index is -0.107. The topological polar surface area (TPSA) is 102 Å². The van der Waals surface area contributed by atoms with Crippen molar-refractivity contribution < 1.29 is 4.74 Å². The lowest BCUT2D eigenvalue weighted by molar-refractivity contribution is 0.123.